The van der Waals surface area contributed by atoms with Crippen LogP contribution in [-0.2, 0) is 0 Å². The minimum Gasteiger partial charge on any atom is -0.255 e. The highest BCUT2D eigenvalue weighted by molar-refractivity contribution is 6.33. The van der Waals surface area contributed by atoms with Crippen LogP contribution in [0.25, 0.3) is 33.9 Å². The van der Waals surface area contributed by atoms with Crippen LogP contribution in [0, 0.1) is 0 Å². The van der Waals surface area contributed by atoms with Gasteiger partial charge in [0.05, 0.1) is 22.8 Å². The maximum absolute atomic E-state index is 6.40. The Morgan fingerprint density at radius 1 is 0.600 bits per heavy atom. The van der Waals surface area contributed by atoms with E-state index in [1.54, 1.807) is 12.4 Å². The van der Waals surface area contributed by atoms with Crippen molar-refractivity contribution in [1.29, 1.82) is 0 Å². The van der Waals surface area contributed by atoms with E-state index < -0.39 is 0 Å². The zero-order chi connectivity index (χ0) is 17.1. The fourth-order valence-electron chi connectivity index (χ4n) is 2.67. The smallest absolute Gasteiger partial charge is 0.0900 e. The molecule has 3 nitrogen and oxygen atoms in total. The number of rotatable bonds is 3. The summed E-state index contributed by atoms with van der Waals surface area (Å²) >= 11 is 6.40. The lowest BCUT2D eigenvalue weighted by Gasteiger charge is -2.10. The summed E-state index contributed by atoms with van der Waals surface area (Å²) in [6, 6.07) is 23.4. The van der Waals surface area contributed by atoms with Gasteiger partial charge in [0.2, 0.25) is 0 Å². The summed E-state index contributed by atoms with van der Waals surface area (Å²) in [5.41, 5.74) is 5.15. The van der Waals surface area contributed by atoms with E-state index in [0.29, 0.717) is 5.02 Å². The van der Waals surface area contributed by atoms with Gasteiger partial charge in [-0.1, -0.05) is 41.9 Å². The highest BCUT2D eigenvalue weighted by Crippen LogP contribution is 2.32. The van der Waals surface area contributed by atoms with Crippen molar-refractivity contribution in [2.24, 2.45) is 0 Å². The van der Waals surface area contributed by atoms with Crippen molar-refractivity contribution in [2.75, 3.05) is 0 Å². The topological polar surface area (TPSA) is 38.7 Å². The number of hydrogen-bond acceptors (Lipinski definition) is 3. The van der Waals surface area contributed by atoms with Crippen molar-refractivity contribution in [2.45, 2.75) is 0 Å². The number of aromatic nitrogens is 3. The lowest BCUT2D eigenvalue weighted by molar-refractivity contribution is 1.22. The molecule has 25 heavy (non-hydrogen) atoms. The average Bonchev–Trinajstić information content (AvgIpc) is 2.69. The minimum absolute atomic E-state index is 0.702. The predicted octanol–water partition coefficient (Wildman–Crippen LogP) is 5.53. The fraction of sp³-hybridized carbons (Fsp3) is 0. The normalized spacial score (nSPS) is 10.6. The average molecular weight is 344 g/mol. The summed E-state index contributed by atoms with van der Waals surface area (Å²) in [4.78, 5) is 13.6. The Labute approximate surface area is 151 Å². The molecule has 4 aromatic rings. The molecule has 4 heteroatoms. The number of hydrogen-bond donors (Lipinski definition) is 0. The molecule has 0 atom stereocenters. The standard InChI is InChI=1S/C21H14ClN3/c22-17-8-2-1-7-16(17)15-13-20(18-9-3-5-11-23-18)25-21(14-15)19-10-4-6-12-24-19/h1-14H. The molecule has 0 N–H and O–H groups in total. The molecule has 4 rings (SSSR count). The van der Waals surface area contributed by atoms with Crippen LogP contribution in [-0.4, -0.2) is 15.0 Å². The summed E-state index contributed by atoms with van der Waals surface area (Å²) in [5, 5.41) is 0.702. The van der Waals surface area contributed by atoms with Gasteiger partial charge in [-0.3, -0.25) is 9.97 Å². The third-order valence-corrected chi connectivity index (χ3v) is 4.19. The van der Waals surface area contributed by atoms with E-state index in [2.05, 4.69) is 9.97 Å². The highest BCUT2D eigenvalue weighted by atomic mass is 35.5. The van der Waals surface area contributed by atoms with Crippen LogP contribution in [0.1, 0.15) is 0 Å². The van der Waals surface area contributed by atoms with E-state index >= 15 is 0 Å². The fourth-order valence-corrected chi connectivity index (χ4v) is 2.92. The zero-order valence-electron chi connectivity index (χ0n) is 13.3. The Morgan fingerprint density at radius 2 is 1.16 bits per heavy atom. The molecule has 0 radical (unpaired) electrons. The zero-order valence-corrected chi connectivity index (χ0v) is 14.1. The molecular formula is C21H14ClN3. The van der Waals surface area contributed by atoms with Crippen molar-refractivity contribution >= 4 is 11.6 Å². The summed E-state index contributed by atoms with van der Waals surface area (Å²) < 4.78 is 0. The molecule has 0 aliphatic carbocycles. The second-order valence-electron chi connectivity index (χ2n) is 5.54. The molecule has 0 unspecified atom stereocenters. The van der Waals surface area contributed by atoms with Crippen molar-refractivity contribution in [3.63, 3.8) is 0 Å². The van der Waals surface area contributed by atoms with Crippen LogP contribution >= 0.6 is 11.6 Å². The van der Waals surface area contributed by atoms with Gasteiger partial charge in [0, 0.05) is 23.0 Å². The largest absolute Gasteiger partial charge is 0.255 e. The van der Waals surface area contributed by atoms with Gasteiger partial charge in [0.1, 0.15) is 0 Å². The van der Waals surface area contributed by atoms with Crippen molar-refractivity contribution in [3.8, 4) is 33.9 Å². The maximum atomic E-state index is 6.40. The first kappa shape index (κ1) is 15.5. The Kier molecular flexibility index (Phi) is 4.23. The first-order valence-corrected chi connectivity index (χ1v) is 8.29. The predicted molar refractivity (Wildman–Crippen MR) is 101 cm³/mol. The summed E-state index contributed by atoms with van der Waals surface area (Å²) in [5.74, 6) is 0. The van der Waals surface area contributed by atoms with E-state index in [-0.39, 0.29) is 0 Å². The molecule has 3 aromatic heterocycles. The summed E-state index contributed by atoms with van der Waals surface area (Å²) in [7, 11) is 0. The Balaban J connectivity index is 1.94. The van der Waals surface area contributed by atoms with E-state index in [9.17, 15) is 0 Å². The number of benzene rings is 1. The van der Waals surface area contributed by atoms with Crippen LogP contribution in [0.15, 0.2) is 85.2 Å². The molecule has 0 saturated heterocycles. The Hall–Kier alpha value is -3.04. The van der Waals surface area contributed by atoms with Gasteiger partial charge in [0.25, 0.3) is 0 Å². The Bertz CT molecular complexity index is 944. The van der Waals surface area contributed by atoms with Crippen LogP contribution in [0.2, 0.25) is 5.02 Å². The van der Waals surface area contributed by atoms with Crippen LogP contribution in [0.4, 0.5) is 0 Å². The van der Waals surface area contributed by atoms with Crippen LogP contribution in [0.5, 0.6) is 0 Å². The molecule has 0 spiro atoms. The lowest BCUT2D eigenvalue weighted by Crippen LogP contribution is -1.94. The van der Waals surface area contributed by atoms with Gasteiger partial charge in [-0.15, -0.1) is 0 Å². The summed E-state index contributed by atoms with van der Waals surface area (Å²) in [6.07, 6.45) is 3.53. The number of halogens is 1. The van der Waals surface area contributed by atoms with Gasteiger partial charge >= 0.3 is 0 Å². The highest BCUT2D eigenvalue weighted by Gasteiger charge is 2.11. The third kappa shape index (κ3) is 3.28. The van der Waals surface area contributed by atoms with Gasteiger partial charge in [-0.05, 0) is 48.0 Å². The van der Waals surface area contributed by atoms with Gasteiger partial charge in [0.15, 0.2) is 0 Å². The molecule has 120 valence electrons. The van der Waals surface area contributed by atoms with Gasteiger partial charge in [-0.25, -0.2) is 4.98 Å². The van der Waals surface area contributed by atoms with E-state index in [0.717, 1.165) is 33.9 Å². The number of nitrogens with zero attached hydrogens (tertiary/aromatic N) is 3. The third-order valence-electron chi connectivity index (χ3n) is 3.86. The van der Waals surface area contributed by atoms with E-state index in [1.165, 1.54) is 0 Å². The number of pyridine rings is 3. The molecule has 3 heterocycles. The SMILES string of the molecule is Clc1ccccc1-c1cc(-c2ccccn2)nc(-c2ccccn2)c1. The van der Waals surface area contributed by atoms with Crippen LogP contribution in [0.3, 0.4) is 0 Å². The Morgan fingerprint density at radius 3 is 1.68 bits per heavy atom. The first-order chi connectivity index (χ1) is 12.3. The lowest BCUT2D eigenvalue weighted by atomic mass is 10.0. The molecule has 0 fully saturated rings. The molecule has 0 bridgehead atoms. The molecule has 1 aromatic carbocycles. The molecule has 0 aliphatic rings. The first-order valence-electron chi connectivity index (χ1n) is 7.91. The van der Waals surface area contributed by atoms with Crippen molar-refractivity contribution in [3.05, 3.63) is 90.2 Å². The summed E-state index contributed by atoms with van der Waals surface area (Å²) in [6.45, 7) is 0. The van der Waals surface area contributed by atoms with Crippen molar-refractivity contribution in [1.82, 2.24) is 15.0 Å². The van der Waals surface area contributed by atoms with Crippen molar-refractivity contribution < 1.29 is 0 Å². The maximum Gasteiger partial charge on any atom is 0.0900 e. The monoisotopic (exact) mass is 343 g/mol. The molecule has 0 amide bonds. The molecule has 0 aliphatic heterocycles. The van der Waals surface area contributed by atoms with E-state index in [4.69, 9.17) is 16.6 Å². The molecular weight excluding hydrogens is 330 g/mol. The van der Waals surface area contributed by atoms with Gasteiger partial charge < -0.3 is 0 Å². The van der Waals surface area contributed by atoms with E-state index in [1.807, 2.05) is 72.8 Å². The second kappa shape index (κ2) is 6.83. The van der Waals surface area contributed by atoms with Gasteiger partial charge in [-0.2, -0.15) is 0 Å². The molecule has 0 saturated carbocycles. The van der Waals surface area contributed by atoms with Crippen LogP contribution < -0.4 is 0 Å². The quantitative estimate of drug-likeness (QED) is 0.491. The second-order valence-corrected chi connectivity index (χ2v) is 5.94. The minimum atomic E-state index is 0.702.